The van der Waals surface area contributed by atoms with Gasteiger partial charge in [-0.05, 0) is 31.0 Å². The van der Waals surface area contributed by atoms with Crippen LogP contribution >= 0.6 is 0 Å². The van der Waals surface area contributed by atoms with Crippen LogP contribution in [0.1, 0.15) is 44.5 Å². The monoisotopic (exact) mass is 306 g/mol. The van der Waals surface area contributed by atoms with E-state index in [1.54, 1.807) is 7.11 Å². The van der Waals surface area contributed by atoms with Gasteiger partial charge < -0.3 is 18.9 Å². The van der Waals surface area contributed by atoms with Gasteiger partial charge in [0.1, 0.15) is 11.5 Å². The van der Waals surface area contributed by atoms with Crippen molar-refractivity contribution in [3.8, 4) is 11.5 Å². The van der Waals surface area contributed by atoms with Crippen LogP contribution in [0.2, 0.25) is 0 Å². The van der Waals surface area contributed by atoms with Crippen LogP contribution in [-0.4, -0.2) is 26.9 Å². The molecule has 4 nitrogen and oxygen atoms in total. The molecule has 0 spiro atoms. The van der Waals surface area contributed by atoms with E-state index in [1.807, 2.05) is 18.2 Å². The van der Waals surface area contributed by atoms with Crippen molar-refractivity contribution in [3.05, 3.63) is 35.9 Å². The third kappa shape index (κ3) is 5.04. The third-order valence-electron chi connectivity index (χ3n) is 3.53. The molecule has 0 aliphatic carbocycles. The summed E-state index contributed by atoms with van der Waals surface area (Å²) in [5.41, 5.74) is 0.895. The largest absolute Gasteiger partial charge is 0.497 e. The van der Waals surface area contributed by atoms with Gasteiger partial charge in [0.2, 0.25) is 0 Å². The van der Waals surface area contributed by atoms with Crippen LogP contribution in [0, 0.1) is 0 Å². The molecule has 1 aromatic carbocycles. The van der Waals surface area contributed by atoms with Crippen molar-refractivity contribution in [2.45, 2.75) is 38.9 Å². The highest BCUT2D eigenvalue weighted by molar-refractivity contribution is 5.41. The molecule has 0 unspecified atom stereocenters. The number of unbranched alkanes of at least 4 members (excludes halogenated alkanes) is 2. The lowest BCUT2D eigenvalue weighted by molar-refractivity contribution is -0.0458. The topological polar surface area (TPSA) is 36.9 Å². The minimum absolute atomic E-state index is 0.356. The fourth-order valence-electron chi connectivity index (χ4n) is 2.30. The number of benzene rings is 1. The van der Waals surface area contributed by atoms with E-state index < -0.39 is 0 Å². The molecule has 0 amide bonds. The average Bonchev–Trinajstić information content (AvgIpc) is 3.08. The molecule has 1 saturated heterocycles. The van der Waals surface area contributed by atoms with Gasteiger partial charge in [0.05, 0.1) is 32.5 Å². The van der Waals surface area contributed by atoms with Crippen molar-refractivity contribution in [1.82, 2.24) is 0 Å². The Morgan fingerprint density at radius 1 is 1.18 bits per heavy atom. The van der Waals surface area contributed by atoms with Crippen LogP contribution < -0.4 is 9.47 Å². The molecule has 1 heterocycles. The molecule has 0 radical (unpaired) electrons. The van der Waals surface area contributed by atoms with Crippen LogP contribution in [0.25, 0.3) is 0 Å². The number of methoxy groups -OCH3 is 1. The zero-order chi connectivity index (χ0) is 15.6. The molecule has 0 bridgehead atoms. The van der Waals surface area contributed by atoms with Gasteiger partial charge in [0.15, 0.2) is 6.29 Å². The van der Waals surface area contributed by atoms with E-state index in [4.69, 9.17) is 18.9 Å². The molecule has 122 valence electrons. The van der Waals surface area contributed by atoms with Crippen LogP contribution in [0.15, 0.2) is 30.4 Å². The van der Waals surface area contributed by atoms with Gasteiger partial charge in [-0.1, -0.05) is 31.9 Å². The molecule has 1 fully saturated rings. The first-order chi connectivity index (χ1) is 10.8. The summed E-state index contributed by atoms with van der Waals surface area (Å²) in [4.78, 5) is 0. The van der Waals surface area contributed by atoms with Crippen molar-refractivity contribution in [2.75, 3.05) is 26.9 Å². The predicted octanol–water partition coefficient (Wildman–Crippen LogP) is 4.26. The average molecular weight is 306 g/mol. The summed E-state index contributed by atoms with van der Waals surface area (Å²) in [6.07, 6.45) is 8.58. The fourth-order valence-corrected chi connectivity index (χ4v) is 2.30. The number of hydrogen-bond donors (Lipinski definition) is 0. The highest BCUT2D eigenvalue weighted by Crippen LogP contribution is 2.34. The van der Waals surface area contributed by atoms with Crippen molar-refractivity contribution in [2.24, 2.45) is 0 Å². The van der Waals surface area contributed by atoms with Crippen molar-refractivity contribution in [3.63, 3.8) is 0 Å². The quantitative estimate of drug-likeness (QED) is 0.505. The van der Waals surface area contributed by atoms with Crippen LogP contribution in [0.3, 0.4) is 0 Å². The zero-order valence-corrected chi connectivity index (χ0v) is 13.5. The van der Waals surface area contributed by atoms with Gasteiger partial charge in [0, 0.05) is 0 Å². The van der Waals surface area contributed by atoms with Gasteiger partial charge in [-0.2, -0.15) is 0 Å². The maximum Gasteiger partial charge on any atom is 0.187 e. The molecule has 0 N–H and O–H groups in total. The highest BCUT2D eigenvalue weighted by Gasteiger charge is 2.22. The summed E-state index contributed by atoms with van der Waals surface area (Å²) in [6, 6.07) is 5.73. The van der Waals surface area contributed by atoms with E-state index >= 15 is 0 Å². The van der Waals surface area contributed by atoms with Crippen molar-refractivity contribution in [1.29, 1.82) is 0 Å². The Labute approximate surface area is 133 Å². The molecule has 2 rings (SSSR count). The molecule has 1 aliphatic heterocycles. The maximum atomic E-state index is 5.89. The molecular weight excluding hydrogens is 280 g/mol. The van der Waals surface area contributed by atoms with E-state index in [-0.39, 0.29) is 6.29 Å². The highest BCUT2D eigenvalue weighted by atomic mass is 16.7. The van der Waals surface area contributed by atoms with Gasteiger partial charge >= 0.3 is 0 Å². The molecule has 0 saturated carbocycles. The van der Waals surface area contributed by atoms with Crippen LogP contribution in [0.5, 0.6) is 11.5 Å². The smallest absolute Gasteiger partial charge is 0.187 e. The Bertz CT molecular complexity index is 464. The Kier molecular flexibility index (Phi) is 7.26. The SMILES string of the molecule is CCCC/C=C/CCOc1ccc(OC)cc1C1OCCO1. The number of hydrogen-bond acceptors (Lipinski definition) is 4. The first-order valence-corrected chi connectivity index (χ1v) is 8.04. The van der Waals surface area contributed by atoms with Crippen LogP contribution in [0.4, 0.5) is 0 Å². The summed E-state index contributed by atoms with van der Waals surface area (Å²) in [7, 11) is 1.65. The lowest BCUT2D eigenvalue weighted by atomic mass is 10.2. The summed E-state index contributed by atoms with van der Waals surface area (Å²) in [5, 5.41) is 0. The standard InChI is InChI=1S/C18H26O4/c1-3-4-5-6-7-8-11-20-17-10-9-15(19-2)14-16(17)18-21-12-13-22-18/h6-7,9-10,14,18H,3-5,8,11-13H2,1-2H3/b7-6+. The second-order valence-corrected chi connectivity index (χ2v) is 5.23. The van der Waals surface area contributed by atoms with Gasteiger partial charge in [-0.15, -0.1) is 0 Å². The zero-order valence-electron chi connectivity index (χ0n) is 13.5. The molecule has 22 heavy (non-hydrogen) atoms. The van der Waals surface area contributed by atoms with Gasteiger partial charge in [-0.25, -0.2) is 0 Å². The summed E-state index contributed by atoms with van der Waals surface area (Å²) < 4.78 is 22.3. The molecule has 1 aromatic rings. The number of rotatable bonds is 9. The minimum Gasteiger partial charge on any atom is -0.497 e. The number of ether oxygens (including phenoxy) is 4. The normalized spacial score (nSPS) is 15.5. The third-order valence-corrected chi connectivity index (χ3v) is 3.53. The fraction of sp³-hybridized carbons (Fsp3) is 0.556. The molecule has 0 atom stereocenters. The van der Waals surface area contributed by atoms with Gasteiger partial charge in [-0.3, -0.25) is 0 Å². The summed E-state index contributed by atoms with van der Waals surface area (Å²) >= 11 is 0. The van der Waals surface area contributed by atoms with Gasteiger partial charge in [0.25, 0.3) is 0 Å². The minimum atomic E-state index is -0.356. The van der Waals surface area contributed by atoms with Crippen molar-refractivity contribution >= 4 is 0 Å². The maximum absolute atomic E-state index is 5.89. The first kappa shape index (κ1) is 16.8. The van der Waals surface area contributed by atoms with Crippen molar-refractivity contribution < 1.29 is 18.9 Å². The Morgan fingerprint density at radius 2 is 1.95 bits per heavy atom. The molecule has 0 aromatic heterocycles. The van der Waals surface area contributed by atoms with E-state index in [0.717, 1.165) is 29.9 Å². The lowest BCUT2D eigenvalue weighted by Crippen LogP contribution is -2.05. The lowest BCUT2D eigenvalue weighted by Gasteiger charge is -2.16. The Morgan fingerprint density at radius 3 is 2.68 bits per heavy atom. The summed E-state index contributed by atoms with van der Waals surface area (Å²) in [5.74, 6) is 1.58. The van der Waals surface area contributed by atoms with E-state index in [0.29, 0.717) is 19.8 Å². The second-order valence-electron chi connectivity index (χ2n) is 5.23. The van der Waals surface area contributed by atoms with Crippen LogP contribution in [-0.2, 0) is 9.47 Å². The second kappa shape index (κ2) is 9.49. The molecule has 1 aliphatic rings. The Hall–Kier alpha value is -1.52. The summed E-state index contributed by atoms with van der Waals surface area (Å²) in [6.45, 7) is 4.08. The Balaban J connectivity index is 1.90. The van der Waals surface area contributed by atoms with E-state index in [1.165, 1.54) is 12.8 Å². The number of allylic oxidation sites excluding steroid dienone is 1. The van der Waals surface area contributed by atoms with E-state index in [9.17, 15) is 0 Å². The van der Waals surface area contributed by atoms with E-state index in [2.05, 4.69) is 19.1 Å². The first-order valence-electron chi connectivity index (χ1n) is 8.04. The molecule has 4 heteroatoms. The predicted molar refractivity (Wildman–Crippen MR) is 86.4 cm³/mol. The molecular formula is C18H26O4.